The molecule has 0 amide bonds. The Morgan fingerprint density at radius 3 is 2.35 bits per heavy atom. The third kappa shape index (κ3) is 4.36. The zero-order valence-corrected chi connectivity index (χ0v) is 11.7. The molecule has 1 aromatic carbocycles. The van der Waals surface area contributed by atoms with Gasteiger partial charge in [0.05, 0.1) is 5.54 Å². The van der Waals surface area contributed by atoms with Gasteiger partial charge >= 0.3 is 0 Å². The van der Waals surface area contributed by atoms with E-state index >= 15 is 0 Å². The summed E-state index contributed by atoms with van der Waals surface area (Å²) >= 11 is 3.33. The first kappa shape index (κ1) is 14.6. The number of halogens is 3. The maximum Gasteiger partial charge on any atom is 0.256 e. The summed E-state index contributed by atoms with van der Waals surface area (Å²) in [5.74, 6) is 0. The van der Waals surface area contributed by atoms with Crippen molar-refractivity contribution in [3.05, 3.63) is 34.3 Å². The van der Waals surface area contributed by atoms with Crippen molar-refractivity contribution >= 4 is 15.9 Å². The van der Waals surface area contributed by atoms with Crippen LogP contribution in [0.25, 0.3) is 0 Å². The van der Waals surface area contributed by atoms with Crippen LogP contribution in [0, 0.1) is 0 Å². The van der Waals surface area contributed by atoms with E-state index in [1.54, 1.807) is 6.92 Å². The molecule has 1 unspecified atom stereocenters. The average molecular weight is 306 g/mol. The maximum absolute atomic E-state index is 13.1. The smallest absolute Gasteiger partial charge is 0.256 e. The fourth-order valence-electron chi connectivity index (χ4n) is 1.65. The SMILES string of the molecule is CCCNC(C)(Cc1ccc(Br)cc1)C(F)F. The van der Waals surface area contributed by atoms with Crippen LogP contribution in [-0.4, -0.2) is 18.5 Å². The number of nitrogens with one attached hydrogen (secondary N) is 1. The minimum Gasteiger partial charge on any atom is -0.306 e. The van der Waals surface area contributed by atoms with Gasteiger partial charge in [0.15, 0.2) is 0 Å². The van der Waals surface area contributed by atoms with Crippen molar-refractivity contribution in [3.8, 4) is 0 Å². The van der Waals surface area contributed by atoms with E-state index in [1.807, 2.05) is 31.2 Å². The number of benzene rings is 1. The van der Waals surface area contributed by atoms with Crippen molar-refractivity contribution < 1.29 is 8.78 Å². The highest BCUT2D eigenvalue weighted by Gasteiger charge is 2.34. The summed E-state index contributed by atoms with van der Waals surface area (Å²) in [5, 5.41) is 2.95. The second kappa shape index (κ2) is 6.45. The molecule has 1 nitrogen and oxygen atoms in total. The molecule has 0 heterocycles. The van der Waals surface area contributed by atoms with E-state index in [1.165, 1.54) is 0 Å². The van der Waals surface area contributed by atoms with Gasteiger partial charge in [0.2, 0.25) is 0 Å². The minimum absolute atomic E-state index is 0.331. The molecule has 0 fully saturated rings. The van der Waals surface area contributed by atoms with Gasteiger partial charge in [-0.2, -0.15) is 0 Å². The molecule has 1 rings (SSSR count). The van der Waals surface area contributed by atoms with Crippen LogP contribution in [0.5, 0.6) is 0 Å². The maximum atomic E-state index is 13.1. The van der Waals surface area contributed by atoms with Gasteiger partial charge < -0.3 is 5.32 Å². The Bertz CT molecular complexity index is 340. The first-order valence-electron chi connectivity index (χ1n) is 5.75. The Balaban J connectivity index is 2.75. The van der Waals surface area contributed by atoms with Crippen LogP contribution in [0.2, 0.25) is 0 Å². The van der Waals surface area contributed by atoms with Crippen LogP contribution in [0.3, 0.4) is 0 Å². The van der Waals surface area contributed by atoms with Crippen LogP contribution in [0.1, 0.15) is 25.8 Å². The summed E-state index contributed by atoms with van der Waals surface area (Å²) in [5.41, 5.74) is -0.233. The monoisotopic (exact) mass is 305 g/mol. The molecule has 0 aliphatic rings. The Kier molecular flexibility index (Phi) is 5.53. The van der Waals surface area contributed by atoms with Gasteiger partial charge in [0, 0.05) is 4.47 Å². The van der Waals surface area contributed by atoms with E-state index in [0.717, 1.165) is 16.5 Å². The van der Waals surface area contributed by atoms with E-state index in [9.17, 15) is 8.78 Å². The van der Waals surface area contributed by atoms with Crippen LogP contribution >= 0.6 is 15.9 Å². The molecule has 1 atom stereocenters. The number of rotatable bonds is 6. The van der Waals surface area contributed by atoms with Crippen LogP contribution in [-0.2, 0) is 6.42 Å². The number of alkyl halides is 2. The first-order valence-corrected chi connectivity index (χ1v) is 6.55. The van der Waals surface area contributed by atoms with E-state index in [2.05, 4.69) is 21.2 Å². The van der Waals surface area contributed by atoms with Gasteiger partial charge in [0.25, 0.3) is 6.43 Å². The zero-order chi connectivity index (χ0) is 12.9. The Morgan fingerprint density at radius 2 is 1.88 bits per heavy atom. The molecule has 0 saturated carbocycles. The van der Waals surface area contributed by atoms with Gasteiger partial charge in [-0.15, -0.1) is 0 Å². The lowest BCUT2D eigenvalue weighted by atomic mass is 9.93. The molecule has 0 radical (unpaired) electrons. The Labute approximate surface area is 110 Å². The molecule has 4 heteroatoms. The molecule has 17 heavy (non-hydrogen) atoms. The van der Waals surface area contributed by atoms with Crippen molar-refractivity contribution in [1.82, 2.24) is 5.32 Å². The summed E-state index contributed by atoms with van der Waals surface area (Å²) in [7, 11) is 0. The summed E-state index contributed by atoms with van der Waals surface area (Å²) in [4.78, 5) is 0. The number of hydrogen-bond acceptors (Lipinski definition) is 1. The third-order valence-corrected chi connectivity index (χ3v) is 3.27. The first-order chi connectivity index (χ1) is 7.98. The second-order valence-corrected chi connectivity index (χ2v) is 5.36. The average Bonchev–Trinajstić information content (AvgIpc) is 2.29. The molecule has 96 valence electrons. The normalized spacial score (nSPS) is 14.9. The molecule has 1 N–H and O–H groups in total. The molecule has 0 aliphatic carbocycles. The van der Waals surface area contributed by atoms with Gasteiger partial charge in [0.1, 0.15) is 0 Å². The highest BCUT2D eigenvalue weighted by molar-refractivity contribution is 9.10. The Hall–Kier alpha value is -0.480. The molecular weight excluding hydrogens is 288 g/mol. The summed E-state index contributed by atoms with van der Waals surface area (Å²) < 4.78 is 27.2. The molecule has 1 aromatic rings. The predicted molar refractivity (Wildman–Crippen MR) is 70.5 cm³/mol. The molecule has 0 saturated heterocycles. The lowest BCUT2D eigenvalue weighted by molar-refractivity contribution is 0.0406. The van der Waals surface area contributed by atoms with Crippen molar-refractivity contribution in [3.63, 3.8) is 0 Å². The quantitative estimate of drug-likeness (QED) is 0.837. The molecule has 0 aliphatic heterocycles. The minimum atomic E-state index is -2.38. The van der Waals surface area contributed by atoms with E-state index in [4.69, 9.17) is 0 Å². The topological polar surface area (TPSA) is 12.0 Å². The second-order valence-electron chi connectivity index (χ2n) is 4.45. The zero-order valence-electron chi connectivity index (χ0n) is 10.1. The van der Waals surface area contributed by atoms with Gasteiger partial charge in [-0.25, -0.2) is 8.78 Å². The van der Waals surface area contributed by atoms with Gasteiger partial charge in [-0.05, 0) is 44.0 Å². The predicted octanol–water partition coefficient (Wildman–Crippen LogP) is 4.02. The van der Waals surface area contributed by atoms with Crippen molar-refractivity contribution in [2.75, 3.05) is 6.54 Å². The highest BCUT2D eigenvalue weighted by Crippen LogP contribution is 2.22. The molecule has 0 spiro atoms. The third-order valence-electron chi connectivity index (χ3n) is 2.75. The summed E-state index contributed by atoms with van der Waals surface area (Å²) in [6.45, 7) is 4.16. The molecule has 0 bridgehead atoms. The fraction of sp³-hybridized carbons (Fsp3) is 0.538. The van der Waals surface area contributed by atoms with Crippen molar-refractivity contribution in [1.29, 1.82) is 0 Å². The number of hydrogen-bond donors (Lipinski definition) is 1. The molecule has 0 aromatic heterocycles. The standard InChI is InChI=1S/C13H18BrF2N/c1-3-8-17-13(2,12(15)16)9-10-4-6-11(14)7-5-10/h4-7,12,17H,3,8-9H2,1-2H3. The van der Waals surface area contributed by atoms with Crippen molar-refractivity contribution in [2.45, 2.75) is 38.7 Å². The van der Waals surface area contributed by atoms with Crippen molar-refractivity contribution in [2.24, 2.45) is 0 Å². The van der Waals surface area contributed by atoms with E-state index in [0.29, 0.717) is 13.0 Å². The summed E-state index contributed by atoms with van der Waals surface area (Å²) in [6.07, 6.45) is -1.20. The molecular formula is C13H18BrF2N. The van der Waals surface area contributed by atoms with Gasteiger partial charge in [-0.3, -0.25) is 0 Å². The summed E-state index contributed by atoms with van der Waals surface area (Å²) in [6, 6.07) is 7.50. The fourth-order valence-corrected chi connectivity index (χ4v) is 1.92. The lowest BCUT2D eigenvalue weighted by Crippen LogP contribution is -2.50. The highest BCUT2D eigenvalue weighted by atomic mass is 79.9. The van der Waals surface area contributed by atoms with Crippen LogP contribution < -0.4 is 5.32 Å². The van der Waals surface area contributed by atoms with E-state index < -0.39 is 12.0 Å². The Morgan fingerprint density at radius 1 is 1.29 bits per heavy atom. The van der Waals surface area contributed by atoms with Gasteiger partial charge in [-0.1, -0.05) is 35.0 Å². The van der Waals surface area contributed by atoms with E-state index in [-0.39, 0.29) is 0 Å². The lowest BCUT2D eigenvalue weighted by Gasteiger charge is -2.30. The van der Waals surface area contributed by atoms with Crippen LogP contribution in [0.4, 0.5) is 8.78 Å². The largest absolute Gasteiger partial charge is 0.306 e. The van der Waals surface area contributed by atoms with Crippen LogP contribution in [0.15, 0.2) is 28.7 Å².